The Morgan fingerprint density at radius 2 is 1.94 bits per heavy atom. The number of piperidine rings is 2. The molecule has 2 saturated heterocycles. The van der Waals surface area contributed by atoms with Crippen LogP contribution in [0.15, 0.2) is 24.3 Å². The molecule has 0 spiro atoms. The summed E-state index contributed by atoms with van der Waals surface area (Å²) in [5.41, 5.74) is 1.16. The Kier molecular flexibility index (Phi) is 8.38. The van der Waals surface area contributed by atoms with Gasteiger partial charge in [0.05, 0.1) is 0 Å². The zero-order chi connectivity index (χ0) is 22.3. The third kappa shape index (κ3) is 6.42. The summed E-state index contributed by atoms with van der Waals surface area (Å²) in [4.78, 5) is 22.2. The number of benzene rings is 1. The molecule has 0 aliphatic carbocycles. The number of aromatic nitrogens is 2. The fourth-order valence-corrected chi connectivity index (χ4v) is 5.55. The number of rotatable bonds is 8. The molecule has 174 valence electrons. The predicted octanol–water partition coefficient (Wildman–Crippen LogP) is 4.38. The molecule has 0 bridgehead atoms. The number of anilines is 1. The summed E-state index contributed by atoms with van der Waals surface area (Å²) < 4.78 is 4.53. The molecule has 2 aromatic rings. The number of carbonyl (C=O) groups is 1. The van der Waals surface area contributed by atoms with Crippen molar-refractivity contribution in [1.29, 1.82) is 0 Å². The minimum absolute atomic E-state index is 0.113. The smallest absolute Gasteiger partial charge is 0.223 e. The normalized spacial score (nSPS) is 20.4. The monoisotopic (exact) mass is 475 g/mol. The van der Waals surface area contributed by atoms with Gasteiger partial charge in [-0.15, -0.1) is 0 Å². The van der Waals surface area contributed by atoms with Gasteiger partial charge in [-0.25, -0.2) is 4.98 Å². The topological polar surface area (TPSA) is 61.4 Å². The Labute approximate surface area is 200 Å². The summed E-state index contributed by atoms with van der Waals surface area (Å²) in [5, 5.41) is 4.88. The Morgan fingerprint density at radius 3 is 2.69 bits per heavy atom. The molecular formula is C24H34ClN5OS. The molecule has 32 heavy (non-hydrogen) atoms. The quantitative estimate of drug-likeness (QED) is 0.574. The molecule has 0 radical (unpaired) electrons. The first-order valence-electron chi connectivity index (χ1n) is 11.9. The Bertz CT molecular complexity index is 866. The van der Waals surface area contributed by atoms with Gasteiger partial charge in [0.1, 0.15) is 5.82 Å². The Morgan fingerprint density at radius 1 is 1.16 bits per heavy atom. The highest BCUT2D eigenvalue weighted by Gasteiger charge is 2.26. The second kappa shape index (κ2) is 11.4. The fourth-order valence-electron chi connectivity index (χ4n) is 4.69. The van der Waals surface area contributed by atoms with E-state index in [1.54, 1.807) is 0 Å². The van der Waals surface area contributed by atoms with Gasteiger partial charge < -0.3 is 15.1 Å². The van der Waals surface area contributed by atoms with Crippen molar-refractivity contribution in [2.45, 2.75) is 57.9 Å². The van der Waals surface area contributed by atoms with Crippen LogP contribution in [0.2, 0.25) is 5.02 Å². The number of nitrogens with zero attached hydrogens (tertiary/aromatic N) is 4. The van der Waals surface area contributed by atoms with E-state index in [1.807, 2.05) is 24.3 Å². The maximum atomic E-state index is 12.6. The van der Waals surface area contributed by atoms with Crippen LogP contribution in [-0.4, -0.2) is 58.9 Å². The molecule has 1 N–H and O–H groups in total. The number of likely N-dealkylation sites (tertiary alicyclic amines) is 1. The van der Waals surface area contributed by atoms with Gasteiger partial charge in [0, 0.05) is 61.1 Å². The van der Waals surface area contributed by atoms with Crippen molar-refractivity contribution in [1.82, 2.24) is 19.6 Å². The summed E-state index contributed by atoms with van der Waals surface area (Å²) >= 11 is 7.41. The van der Waals surface area contributed by atoms with Gasteiger partial charge >= 0.3 is 0 Å². The van der Waals surface area contributed by atoms with Crippen molar-refractivity contribution in [3.63, 3.8) is 0 Å². The molecule has 8 heteroatoms. The third-order valence-electron chi connectivity index (χ3n) is 6.73. The minimum Gasteiger partial charge on any atom is -0.356 e. The highest BCUT2D eigenvalue weighted by molar-refractivity contribution is 7.09. The lowest BCUT2D eigenvalue weighted by molar-refractivity contribution is -0.125. The van der Waals surface area contributed by atoms with Gasteiger partial charge in [0.15, 0.2) is 0 Å². The third-order valence-corrected chi connectivity index (χ3v) is 7.80. The molecule has 1 unspecified atom stereocenters. The van der Waals surface area contributed by atoms with Crippen molar-refractivity contribution in [3.05, 3.63) is 40.7 Å². The van der Waals surface area contributed by atoms with E-state index in [-0.39, 0.29) is 11.8 Å². The molecule has 6 nitrogen and oxygen atoms in total. The van der Waals surface area contributed by atoms with E-state index in [0.29, 0.717) is 12.5 Å². The van der Waals surface area contributed by atoms with Gasteiger partial charge in [0.25, 0.3) is 0 Å². The number of nitrogens with one attached hydrogen (secondary N) is 1. The van der Waals surface area contributed by atoms with Crippen LogP contribution in [0.3, 0.4) is 0 Å². The van der Waals surface area contributed by atoms with Crippen molar-refractivity contribution in [2.75, 3.05) is 37.6 Å². The van der Waals surface area contributed by atoms with E-state index in [1.165, 1.54) is 37.3 Å². The highest BCUT2D eigenvalue weighted by Crippen LogP contribution is 2.26. The van der Waals surface area contributed by atoms with E-state index in [0.717, 1.165) is 67.0 Å². The van der Waals surface area contributed by atoms with Crippen LogP contribution in [0, 0.1) is 5.92 Å². The largest absolute Gasteiger partial charge is 0.356 e. The van der Waals surface area contributed by atoms with Gasteiger partial charge in [-0.05, 0) is 63.3 Å². The summed E-state index contributed by atoms with van der Waals surface area (Å²) in [6.07, 6.45) is 7.48. The molecule has 1 atom stereocenters. The van der Waals surface area contributed by atoms with Gasteiger partial charge in [0.2, 0.25) is 11.0 Å². The van der Waals surface area contributed by atoms with Crippen LogP contribution in [-0.2, 0) is 11.2 Å². The van der Waals surface area contributed by atoms with Gasteiger partial charge in [-0.2, -0.15) is 4.37 Å². The van der Waals surface area contributed by atoms with E-state index in [9.17, 15) is 4.79 Å². The highest BCUT2D eigenvalue weighted by atomic mass is 35.5. The zero-order valence-corrected chi connectivity index (χ0v) is 20.5. The van der Waals surface area contributed by atoms with Crippen LogP contribution in [0.25, 0.3) is 0 Å². The Hall–Kier alpha value is -1.70. The maximum absolute atomic E-state index is 12.6. The number of carbonyl (C=O) groups excluding carboxylic acids is 1. The number of hydrogen-bond acceptors (Lipinski definition) is 6. The Balaban J connectivity index is 1.16. The summed E-state index contributed by atoms with van der Waals surface area (Å²) in [6.45, 7) is 7.13. The molecule has 2 fully saturated rings. The summed E-state index contributed by atoms with van der Waals surface area (Å²) in [7, 11) is 0. The molecule has 1 aromatic heterocycles. The zero-order valence-electron chi connectivity index (χ0n) is 18.9. The number of amides is 1. The first kappa shape index (κ1) is 23.5. The average Bonchev–Trinajstić information content (AvgIpc) is 3.28. The van der Waals surface area contributed by atoms with Gasteiger partial charge in [-0.3, -0.25) is 4.79 Å². The molecule has 2 aliphatic heterocycles. The molecule has 2 aliphatic rings. The first-order valence-corrected chi connectivity index (χ1v) is 13.1. The van der Waals surface area contributed by atoms with Crippen molar-refractivity contribution in [3.8, 4) is 0 Å². The summed E-state index contributed by atoms with van der Waals surface area (Å²) in [6, 6.07) is 8.51. The standard InChI is InChI=1S/C24H34ClN5OS/c1-18-5-2-3-13-29(18)14-4-12-26-23(31)20-10-15-30(16-11-20)24-27-22(28-32-24)17-19-6-8-21(25)9-7-19/h6-9,18,20H,2-5,10-17H2,1H3,(H,26,31). The predicted molar refractivity (Wildman–Crippen MR) is 132 cm³/mol. The number of halogens is 1. The lowest BCUT2D eigenvalue weighted by Crippen LogP contribution is -2.42. The second-order valence-electron chi connectivity index (χ2n) is 9.08. The number of hydrogen-bond donors (Lipinski definition) is 1. The lowest BCUT2D eigenvalue weighted by Gasteiger charge is -2.33. The van der Waals surface area contributed by atoms with Crippen molar-refractivity contribution in [2.24, 2.45) is 5.92 Å². The maximum Gasteiger partial charge on any atom is 0.223 e. The fraction of sp³-hybridized carbons (Fsp3) is 0.625. The first-order chi connectivity index (χ1) is 15.6. The second-order valence-corrected chi connectivity index (χ2v) is 10.2. The summed E-state index contributed by atoms with van der Waals surface area (Å²) in [5.74, 6) is 1.17. The molecule has 1 amide bonds. The van der Waals surface area contributed by atoms with E-state index in [2.05, 4.69) is 26.4 Å². The minimum atomic E-state index is 0.113. The van der Waals surface area contributed by atoms with E-state index in [4.69, 9.17) is 16.6 Å². The van der Waals surface area contributed by atoms with Crippen molar-refractivity contribution < 1.29 is 4.79 Å². The van der Waals surface area contributed by atoms with Crippen LogP contribution in [0.4, 0.5) is 5.13 Å². The van der Waals surface area contributed by atoms with E-state index >= 15 is 0 Å². The van der Waals surface area contributed by atoms with Crippen LogP contribution in [0.1, 0.15) is 56.8 Å². The molecule has 1 aromatic carbocycles. The van der Waals surface area contributed by atoms with Crippen molar-refractivity contribution >= 4 is 34.2 Å². The molecule has 4 rings (SSSR count). The van der Waals surface area contributed by atoms with Crippen LogP contribution < -0.4 is 10.2 Å². The molecule has 0 saturated carbocycles. The SMILES string of the molecule is CC1CCCCN1CCCNC(=O)C1CCN(c2nc(Cc3ccc(Cl)cc3)ns2)CC1. The average molecular weight is 476 g/mol. The van der Waals surface area contributed by atoms with Crippen LogP contribution >= 0.6 is 23.1 Å². The molecule has 3 heterocycles. The van der Waals surface area contributed by atoms with E-state index < -0.39 is 0 Å². The molecular weight excluding hydrogens is 442 g/mol. The lowest BCUT2D eigenvalue weighted by atomic mass is 9.96. The van der Waals surface area contributed by atoms with Gasteiger partial charge in [-0.1, -0.05) is 30.2 Å². The van der Waals surface area contributed by atoms with Crippen LogP contribution in [0.5, 0.6) is 0 Å².